The maximum Gasteiger partial charge on any atom is 0.0621 e. The molecule has 0 aliphatic heterocycles. The van der Waals surface area contributed by atoms with E-state index in [9.17, 15) is 5.11 Å². The van der Waals surface area contributed by atoms with E-state index in [1.54, 1.807) is 0 Å². The number of aliphatic hydroxyl groups is 1. The average Bonchev–Trinajstić information content (AvgIpc) is 2.23. The third kappa shape index (κ3) is 3.46. The largest absolute Gasteiger partial charge is 0.390 e. The zero-order valence-electron chi connectivity index (χ0n) is 9.97. The fourth-order valence-electron chi connectivity index (χ4n) is 3.01. The van der Waals surface area contributed by atoms with Gasteiger partial charge in [-0.25, -0.2) is 0 Å². The summed E-state index contributed by atoms with van der Waals surface area (Å²) in [6.07, 6.45) is 11.2. The van der Waals surface area contributed by atoms with Gasteiger partial charge in [0.05, 0.1) is 5.60 Å². The molecule has 2 aliphatic rings. The minimum Gasteiger partial charge on any atom is -0.390 e. The molecule has 2 heteroatoms. The lowest BCUT2D eigenvalue weighted by Gasteiger charge is -2.36. The van der Waals surface area contributed by atoms with Crippen LogP contribution in [0.15, 0.2) is 0 Å². The van der Waals surface area contributed by atoms with E-state index in [1.165, 1.54) is 32.1 Å². The molecule has 15 heavy (non-hydrogen) atoms. The second-order valence-electron chi connectivity index (χ2n) is 5.77. The Labute approximate surface area is 93.5 Å². The first-order valence-electron chi connectivity index (χ1n) is 6.64. The van der Waals surface area contributed by atoms with Crippen molar-refractivity contribution in [2.45, 2.75) is 82.4 Å². The van der Waals surface area contributed by atoms with Crippen LogP contribution in [0.25, 0.3) is 0 Å². The highest BCUT2D eigenvalue weighted by atomic mass is 16.3. The summed E-state index contributed by atoms with van der Waals surface area (Å²) in [7, 11) is 0. The molecule has 0 saturated heterocycles. The molecule has 0 aromatic carbocycles. The molecule has 2 N–H and O–H groups in total. The van der Waals surface area contributed by atoms with Gasteiger partial charge in [0.2, 0.25) is 0 Å². The molecule has 0 heterocycles. The third-order valence-electron chi connectivity index (χ3n) is 4.14. The second kappa shape index (κ2) is 4.84. The highest BCUT2D eigenvalue weighted by molar-refractivity contribution is 4.86. The monoisotopic (exact) mass is 211 g/mol. The predicted molar refractivity (Wildman–Crippen MR) is 62.9 cm³/mol. The molecule has 0 radical (unpaired) electrons. The van der Waals surface area contributed by atoms with Gasteiger partial charge in [-0.05, 0) is 45.4 Å². The van der Waals surface area contributed by atoms with Crippen LogP contribution >= 0.6 is 0 Å². The molecule has 0 unspecified atom stereocenters. The van der Waals surface area contributed by atoms with Crippen molar-refractivity contribution in [2.75, 3.05) is 0 Å². The SMILES string of the molecule is CC1(O)CCC(NC2CCCCC2)CC1. The smallest absolute Gasteiger partial charge is 0.0621 e. The molecule has 0 aromatic rings. The van der Waals surface area contributed by atoms with Crippen LogP contribution in [0, 0.1) is 0 Å². The first-order chi connectivity index (χ1) is 7.16. The molecule has 2 fully saturated rings. The maximum atomic E-state index is 9.87. The lowest BCUT2D eigenvalue weighted by molar-refractivity contribution is 0.0124. The summed E-state index contributed by atoms with van der Waals surface area (Å²) in [5, 5.41) is 13.7. The molecule has 0 bridgehead atoms. The van der Waals surface area contributed by atoms with Crippen molar-refractivity contribution in [1.82, 2.24) is 5.32 Å². The van der Waals surface area contributed by atoms with E-state index in [0.717, 1.165) is 31.7 Å². The van der Waals surface area contributed by atoms with Gasteiger partial charge in [0.25, 0.3) is 0 Å². The van der Waals surface area contributed by atoms with Gasteiger partial charge in [-0.1, -0.05) is 19.3 Å². The van der Waals surface area contributed by atoms with Crippen molar-refractivity contribution in [3.8, 4) is 0 Å². The van der Waals surface area contributed by atoms with Crippen molar-refractivity contribution in [1.29, 1.82) is 0 Å². The summed E-state index contributed by atoms with van der Waals surface area (Å²) in [6, 6.07) is 1.44. The molecular formula is C13H25NO. The van der Waals surface area contributed by atoms with Gasteiger partial charge in [0, 0.05) is 12.1 Å². The minimum absolute atomic E-state index is 0.384. The number of rotatable bonds is 2. The summed E-state index contributed by atoms with van der Waals surface area (Å²) in [5.41, 5.74) is -0.384. The highest BCUT2D eigenvalue weighted by Gasteiger charge is 2.29. The Hall–Kier alpha value is -0.0800. The van der Waals surface area contributed by atoms with Crippen LogP contribution in [-0.4, -0.2) is 22.8 Å². The van der Waals surface area contributed by atoms with Crippen LogP contribution in [0.4, 0.5) is 0 Å². The van der Waals surface area contributed by atoms with Crippen LogP contribution in [0.1, 0.15) is 64.7 Å². The predicted octanol–water partition coefficient (Wildman–Crippen LogP) is 2.60. The van der Waals surface area contributed by atoms with Gasteiger partial charge >= 0.3 is 0 Å². The van der Waals surface area contributed by atoms with Crippen molar-refractivity contribution in [3.63, 3.8) is 0 Å². The molecule has 0 aromatic heterocycles. The van der Waals surface area contributed by atoms with Crippen LogP contribution in [0.2, 0.25) is 0 Å². The molecule has 2 saturated carbocycles. The lowest BCUT2D eigenvalue weighted by atomic mass is 9.83. The number of nitrogens with one attached hydrogen (secondary N) is 1. The van der Waals surface area contributed by atoms with Gasteiger partial charge in [-0.15, -0.1) is 0 Å². The summed E-state index contributed by atoms with van der Waals surface area (Å²) in [6.45, 7) is 1.98. The van der Waals surface area contributed by atoms with E-state index in [2.05, 4.69) is 5.32 Å². The Morgan fingerprint density at radius 3 is 2.07 bits per heavy atom. The Morgan fingerprint density at radius 1 is 0.933 bits per heavy atom. The standard InChI is InChI=1S/C13H25NO/c1-13(15)9-7-12(8-10-13)14-11-5-3-2-4-6-11/h11-12,14-15H,2-10H2,1H3. The Kier molecular flexibility index (Phi) is 3.68. The van der Waals surface area contributed by atoms with Gasteiger partial charge < -0.3 is 10.4 Å². The van der Waals surface area contributed by atoms with E-state index in [0.29, 0.717) is 6.04 Å². The molecule has 88 valence electrons. The molecule has 2 rings (SSSR count). The quantitative estimate of drug-likeness (QED) is 0.736. The third-order valence-corrected chi connectivity index (χ3v) is 4.14. The summed E-state index contributed by atoms with van der Waals surface area (Å²) < 4.78 is 0. The first kappa shape index (κ1) is 11.4. The van der Waals surface area contributed by atoms with E-state index >= 15 is 0 Å². The van der Waals surface area contributed by atoms with Gasteiger partial charge in [0.15, 0.2) is 0 Å². The molecular weight excluding hydrogens is 186 g/mol. The Morgan fingerprint density at radius 2 is 1.47 bits per heavy atom. The summed E-state index contributed by atoms with van der Waals surface area (Å²) in [5.74, 6) is 0. The summed E-state index contributed by atoms with van der Waals surface area (Å²) in [4.78, 5) is 0. The topological polar surface area (TPSA) is 32.3 Å². The van der Waals surface area contributed by atoms with E-state index in [4.69, 9.17) is 0 Å². The number of hydrogen-bond acceptors (Lipinski definition) is 2. The van der Waals surface area contributed by atoms with Crippen molar-refractivity contribution in [2.24, 2.45) is 0 Å². The Balaban J connectivity index is 1.71. The van der Waals surface area contributed by atoms with Crippen LogP contribution < -0.4 is 5.32 Å². The molecule has 0 atom stereocenters. The summed E-state index contributed by atoms with van der Waals surface area (Å²) >= 11 is 0. The molecule has 2 nitrogen and oxygen atoms in total. The van der Waals surface area contributed by atoms with Crippen molar-refractivity contribution < 1.29 is 5.11 Å². The zero-order valence-corrected chi connectivity index (χ0v) is 9.97. The normalized spacial score (nSPS) is 39.2. The van der Waals surface area contributed by atoms with Gasteiger partial charge in [-0.3, -0.25) is 0 Å². The number of hydrogen-bond donors (Lipinski definition) is 2. The Bertz CT molecular complexity index is 187. The fraction of sp³-hybridized carbons (Fsp3) is 1.00. The van der Waals surface area contributed by atoms with Gasteiger partial charge in [0.1, 0.15) is 0 Å². The second-order valence-corrected chi connectivity index (χ2v) is 5.77. The highest BCUT2D eigenvalue weighted by Crippen LogP contribution is 2.29. The molecule has 2 aliphatic carbocycles. The van der Waals surface area contributed by atoms with E-state index < -0.39 is 0 Å². The maximum absolute atomic E-state index is 9.87. The van der Waals surface area contributed by atoms with Crippen LogP contribution in [0.5, 0.6) is 0 Å². The van der Waals surface area contributed by atoms with E-state index in [-0.39, 0.29) is 5.60 Å². The molecule has 0 amide bonds. The zero-order chi connectivity index (χ0) is 10.7. The van der Waals surface area contributed by atoms with Crippen molar-refractivity contribution >= 4 is 0 Å². The van der Waals surface area contributed by atoms with Crippen LogP contribution in [-0.2, 0) is 0 Å². The minimum atomic E-state index is -0.384. The molecule has 0 spiro atoms. The van der Waals surface area contributed by atoms with Crippen LogP contribution in [0.3, 0.4) is 0 Å². The van der Waals surface area contributed by atoms with Gasteiger partial charge in [-0.2, -0.15) is 0 Å². The fourth-order valence-corrected chi connectivity index (χ4v) is 3.01. The van der Waals surface area contributed by atoms with Crippen molar-refractivity contribution in [3.05, 3.63) is 0 Å². The lowest BCUT2D eigenvalue weighted by Crippen LogP contribution is -2.44. The van der Waals surface area contributed by atoms with E-state index in [1.807, 2.05) is 6.92 Å². The first-order valence-corrected chi connectivity index (χ1v) is 6.64. The average molecular weight is 211 g/mol.